The molecule has 0 fully saturated rings. The van der Waals surface area contributed by atoms with Crippen LogP contribution in [0.3, 0.4) is 0 Å². The van der Waals surface area contributed by atoms with E-state index in [0.717, 1.165) is 26.5 Å². The van der Waals surface area contributed by atoms with Crippen molar-refractivity contribution in [3.63, 3.8) is 0 Å². The van der Waals surface area contributed by atoms with Crippen molar-refractivity contribution in [3.8, 4) is 0 Å². The molecule has 88 valence electrons. The first kappa shape index (κ1) is 11.3. The van der Waals surface area contributed by atoms with Gasteiger partial charge in [-0.3, -0.25) is 4.79 Å². The third-order valence-electron chi connectivity index (χ3n) is 3.10. The van der Waals surface area contributed by atoms with Crippen LogP contribution in [-0.4, -0.2) is 5.78 Å². The van der Waals surface area contributed by atoms with E-state index in [1.807, 2.05) is 61.5 Å². The first-order valence-corrected chi connectivity index (χ1v) is 6.67. The third-order valence-corrected chi connectivity index (χ3v) is 4.37. The number of Topliss-reactive ketones (excluding diaryl/α,β-unsaturated/α-hetero) is 1. The van der Waals surface area contributed by atoms with Gasteiger partial charge in [-0.15, -0.1) is 0 Å². The molecule has 0 saturated carbocycles. The second kappa shape index (κ2) is 4.46. The standard InChI is InChI=1S/C16H12OS/c1-11(12-7-3-2-4-8-12)16-15(17)13-9-5-6-10-14(13)18-16/h2-10H,1H3/b16-11-. The second-order valence-electron chi connectivity index (χ2n) is 4.25. The van der Waals surface area contributed by atoms with E-state index in [2.05, 4.69) is 0 Å². The SMILES string of the molecule is C/C(=C1/Sc2ccccc2C1=O)c1ccccc1. The molecule has 0 radical (unpaired) electrons. The molecule has 0 unspecified atom stereocenters. The summed E-state index contributed by atoms with van der Waals surface area (Å²) < 4.78 is 0. The van der Waals surface area contributed by atoms with Crippen LogP contribution in [0.2, 0.25) is 0 Å². The molecule has 0 atom stereocenters. The van der Waals surface area contributed by atoms with Crippen molar-refractivity contribution in [1.82, 2.24) is 0 Å². The van der Waals surface area contributed by atoms with Gasteiger partial charge < -0.3 is 0 Å². The summed E-state index contributed by atoms with van der Waals surface area (Å²) in [5.74, 6) is 0.150. The van der Waals surface area contributed by atoms with E-state index < -0.39 is 0 Å². The number of fused-ring (bicyclic) bond motifs is 1. The Kier molecular flexibility index (Phi) is 2.80. The maximum atomic E-state index is 12.3. The molecule has 18 heavy (non-hydrogen) atoms. The predicted octanol–water partition coefficient (Wildman–Crippen LogP) is 4.41. The Morgan fingerprint density at radius 2 is 1.61 bits per heavy atom. The lowest BCUT2D eigenvalue weighted by Crippen LogP contribution is -1.96. The molecule has 0 aliphatic carbocycles. The lowest BCUT2D eigenvalue weighted by molar-refractivity contribution is 0.104. The Bertz CT molecular complexity index is 641. The predicted molar refractivity (Wildman–Crippen MR) is 75.7 cm³/mol. The summed E-state index contributed by atoms with van der Waals surface area (Å²) in [5.41, 5.74) is 3.00. The Morgan fingerprint density at radius 1 is 0.944 bits per heavy atom. The van der Waals surface area contributed by atoms with E-state index in [-0.39, 0.29) is 5.78 Å². The van der Waals surface area contributed by atoms with Gasteiger partial charge in [-0.1, -0.05) is 54.2 Å². The van der Waals surface area contributed by atoms with Crippen LogP contribution < -0.4 is 0 Å². The van der Waals surface area contributed by atoms with Gasteiger partial charge in [0, 0.05) is 10.5 Å². The Morgan fingerprint density at radius 3 is 2.33 bits per heavy atom. The Balaban J connectivity index is 2.09. The van der Waals surface area contributed by atoms with Crippen LogP contribution in [-0.2, 0) is 0 Å². The van der Waals surface area contributed by atoms with Gasteiger partial charge >= 0.3 is 0 Å². The van der Waals surface area contributed by atoms with E-state index in [4.69, 9.17) is 0 Å². The molecule has 0 spiro atoms. The third kappa shape index (κ3) is 1.79. The average Bonchev–Trinajstić information content (AvgIpc) is 2.77. The number of benzene rings is 2. The highest BCUT2D eigenvalue weighted by molar-refractivity contribution is 8.05. The molecule has 2 aromatic carbocycles. The molecular formula is C16H12OS. The van der Waals surface area contributed by atoms with Crippen LogP contribution in [0.15, 0.2) is 64.4 Å². The van der Waals surface area contributed by atoms with Crippen LogP contribution in [0, 0.1) is 0 Å². The van der Waals surface area contributed by atoms with Gasteiger partial charge in [0.15, 0.2) is 0 Å². The van der Waals surface area contributed by atoms with Crippen molar-refractivity contribution in [1.29, 1.82) is 0 Å². The fourth-order valence-corrected chi connectivity index (χ4v) is 3.20. The summed E-state index contributed by atoms with van der Waals surface area (Å²) in [6, 6.07) is 17.8. The van der Waals surface area contributed by atoms with Crippen LogP contribution in [0.4, 0.5) is 0 Å². The van der Waals surface area contributed by atoms with Gasteiger partial charge in [-0.2, -0.15) is 0 Å². The van der Waals surface area contributed by atoms with Crippen molar-refractivity contribution >= 4 is 23.1 Å². The minimum Gasteiger partial charge on any atom is -0.288 e. The molecule has 1 nitrogen and oxygen atoms in total. The van der Waals surface area contributed by atoms with E-state index in [1.165, 1.54) is 0 Å². The Labute approximate surface area is 111 Å². The zero-order chi connectivity index (χ0) is 12.5. The smallest absolute Gasteiger partial charge is 0.201 e. The van der Waals surface area contributed by atoms with Crippen LogP contribution >= 0.6 is 11.8 Å². The number of allylic oxidation sites excluding steroid dienone is 2. The fourth-order valence-electron chi connectivity index (χ4n) is 2.09. The lowest BCUT2D eigenvalue weighted by atomic mass is 10.0. The molecule has 0 bridgehead atoms. The fraction of sp³-hybridized carbons (Fsp3) is 0.0625. The first-order valence-electron chi connectivity index (χ1n) is 5.85. The molecule has 0 aromatic heterocycles. The molecule has 2 heteroatoms. The molecule has 1 aliphatic rings. The van der Waals surface area contributed by atoms with Crippen LogP contribution in [0.1, 0.15) is 22.8 Å². The second-order valence-corrected chi connectivity index (χ2v) is 5.30. The number of hydrogen-bond donors (Lipinski definition) is 0. The van der Waals surface area contributed by atoms with Crippen molar-refractivity contribution < 1.29 is 4.79 Å². The molecule has 0 N–H and O–H groups in total. The molecule has 1 heterocycles. The number of carbonyl (C=O) groups is 1. The quantitative estimate of drug-likeness (QED) is 0.699. The summed E-state index contributed by atoms with van der Waals surface area (Å²) >= 11 is 1.58. The van der Waals surface area contributed by atoms with Gasteiger partial charge in [-0.25, -0.2) is 0 Å². The topological polar surface area (TPSA) is 17.1 Å². The maximum absolute atomic E-state index is 12.3. The molecule has 3 rings (SSSR count). The van der Waals surface area contributed by atoms with E-state index >= 15 is 0 Å². The summed E-state index contributed by atoms with van der Waals surface area (Å²) in [6.07, 6.45) is 0. The van der Waals surface area contributed by atoms with Crippen molar-refractivity contribution in [3.05, 3.63) is 70.6 Å². The average molecular weight is 252 g/mol. The molecular weight excluding hydrogens is 240 g/mol. The molecule has 1 aliphatic heterocycles. The molecule has 2 aromatic rings. The number of ketones is 1. The largest absolute Gasteiger partial charge is 0.288 e. The monoisotopic (exact) mass is 252 g/mol. The van der Waals surface area contributed by atoms with Gasteiger partial charge in [0.1, 0.15) is 0 Å². The van der Waals surface area contributed by atoms with E-state index in [9.17, 15) is 4.79 Å². The van der Waals surface area contributed by atoms with Gasteiger partial charge in [0.25, 0.3) is 0 Å². The minimum atomic E-state index is 0.150. The van der Waals surface area contributed by atoms with Gasteiger partial charge in [-0.05, 0) is 30.2 Å². The number of carbonyl (C=O) groups excluding carboxylic acids is 1. The molecule has 0 amide bonds. The first-order chi connectivity index (χ1) is 8.77. The number of rotatable bonds is 1. The van der Waals surface area contributed by atoms with Crippen molar-refractivity contribution in [2.75, 3.05) is 0 Å². The molecule has 0 saturated heterocycles. The number of hydrogen-bond acceptors (Lipinski definition) is 2. The van der Waals surface area contributed by atoms with Gasteiger partial charge in [0.2, 0.25) is 5.78 Å². The highest BCUT2D eigenvalue weighted by Gasteiger charge is 2.27. The van der Waals surface area contributed by atoms with Crippen molar-refractivity contribution in [2.45, 2.75) is 11.8 Å². The zero-order valence-corrected chi connectivity index (χ0v) is 10.8. The zero-order valence-electron chi connectivity index (χ0n) is 10.0. The van der Waals surface area contributed by atoms with E-state index in [0.29, 0.717) is 0 Å². The summed E-state index contributed by atoms with van der Waals surface area (Å²) in [7, 11) is 0. The lowest BCUT2D eigenvalue weighted by Gasteiger charge is -2.04. The van der Waals surface area contributed by atoms with Gasteiger partial charge in [0.05, 0.1) is 4.91 Å². The summed E-state index contributed by atoms with van der Waals surface area (Å²) in [6.45, 7) is 2.02. The van der Waals surface area contributed by atoms with Crippen LogP contribution in [0.5, 0.6) is 0 Å². The summed E-state index contributed by atoms with van der Waals surface area (Å²) in [5, 5.41) is 0. The highest BCUT2D eigenvalue weighted by atomic mass is 32.2. The normalized spacial score (nSPS) is 16.6. The Hall–Kier alpha value is -1.80. The van der Waals surface area contributed by atoms with E-state index in [1.54, 1.807) is 11.8 Å². The number of thioether (sulfide) groups is 1. The summed E-state index contributed by atoms with van der Waals surface area (Å²) in [4.78, 5) is 14.2. The highest BCUT2D eigenvalue weighted by Crippen LogP contribution is 2.43. The van der Waals surface area contributed by atoms with Crippen LogP contribution in [0.25, 0.3) is 5.57 Å². The maximum Gasteiger partial charge on any atom is 0.201 e. The minimum absolute atomic E-state index is 0.150. The van der Waals surface area contributed by atoms with Crippen molar-refractivity contribution in [2.24, 2.45) is 0 Å².